The molecule has 1 aliphatic heterocycles. The van der Waals surface area contributed by atoms with Crippen LogP contribution in [-0.4, -0.2) is 21.2 Å². The van der Waals surface area contributed by atoms with Gasteiger partial charge in [-0.15, -0.1) is 10.2 Å². The molecule has 0 radical (unpaired) electrons. The fourth-order valence-corrected chi connectivity index (χ4v) is 3.40. The number of pyridine rings is 1. The zero-order chi connectivity index (χ0) is 16.5. The first kappa shape index (κ1) is 15.1. The number of nitrogens with zero attached hydrogens (tertiary/aromatic N) is 3. The number of aromatic nitrogens is 3. The van der Waals surface area contributed by atoms with Gasteiger partial charge in [0.15, 0.2) is 11.5 Å². The van der Waals surface area contributed by atoms with Crippen LogP contribution in [0.1, 0.15) is 48.8 Å². The number of hydrogen-bond acceptors (Lipinski definition) is 4. The van der Waals surface area contributed by atoms with Crippen molar-refractivity contribution in [1.29, 1.82) is 0 Å². The molecule has 2 atom stereocenters. The van der Waals surface area contributed by atoms with Crippen molar-refractivity contribution in [2.75, 3.05) is 6.61 Å². The Hall–Kier alpha value is -2.40. The fourth-order valence-electron chi connectivity index (χ4n) is 3.40. The van der Waals surface area contributed by atoms with E-state index in [1.165, 1.54) is 11.1 Å². The van der Waals surface area contributed by atoms with Gasteiger partial charge in [0.2, 0.25) is 0 Å². The summed E-state index contributed by atoms with van der Waals surface area (Å²) in [6.07, 6.45) is 4.10. The Balaban J connectivity index is 1.64. The first-order valence-electron chi connectivity index (χ1n) is 8.51. The van der Waals surface area contributed by atoms with Crippen LogP contribution < -0.4 is 10.1 Å². The summed E-state index contributed by atoms with van der Waals surface area (Å²) in [4.78, 5) is 0. The van der Waals surface area contributed by atoms with Crippen molar-refractivity contribution in [3.8, 4) is 5.75 Å². The monoisotopic (exact) mass is 322 g/mol. The van der Waals surface area contributed by atoms with Crippen LogP contribution in [0.2, 0.25) is 0 Å². The zero-order valence-electron chi connectivity index (χ0n) is 14.1. The Kier molecular flexibility index (Phi) is 3.94. The van der Waals surface area contributed by atoms with Gasteiger partial charge >= 0.3 is 0 Å². The van der Waals surface area contributed by atoms with E-state index >= 15 is 0 Å². The van der Waals surface area contributed by atoms with Gasteiger partial charge in [0.25, 0.3) is 0 Å². The molecule has 5 heteroatoms. The topological polar surface area (TPSA) is 51.5 Å². The van der Waals surface area contributed by atoms with Crippen LogP contribution in [0, 0.1) is 6.92 Å². The second kappa shape index (κ2) is 6.24. The third kappa shape index (κ3) is 2.76. The van der Waals surface area contributed by atoms with Crippen LogP contribution in [0.25, 0.3) is 5.65 Å². The Labute approximate surface area is 141 Å². The zero-order valence-corrected chi connectivity index (χ0v) is 14.1. The summed E-state index contributed by atoms with van der Waals surface area (Å²) >= 11 is 0. The molecule has 4 rings (SSSR count). The molecule has 1 aromatic carbocycles. The van der Waals surface area contributed by atoms with Gasteiger partial charge in [-0.1, -0.05) is 23.8 Å². The Morgan fingerprint density at radius 1 is 1.25 bits per heavy atom. The number of hydrogen-bond donors (Lipinski definition) is 1. The molecule has 3 aromatic rings. The maximum Gasteiger partial charge on any atom is 0.160 e. The molecule has 0 saturated carbocycles. The molecule has 2 aromatic heterocycles. The van der Waals surface area contributed by atoms with Gasteiger partial charge < -0.3 is 10.1 Å². The van der Waals surface area contributed by atoms with Crippen molar-refractivity contribution in [2.45, 2.75) is 38.8 Å². The Morgan fingerprint density at radius 3 is 3.08 bits per heavy atom. The lowest BCUT2D eigenvalue weighted by molar-refractivity contribution is 0.314. The van der Waals surface area contributed by atoms with Crippen LogP contribution in [-0.2, 0) is 0 Å². The summed E-state index contributed by atoms with van der Waals surface area (Å²) in [7, 11) is 0. The summed E-state index contributed by atoms with van der Waals surface area (Å²) in [5.74, 6) is 1.93. The van der Waals surface area contributed by atoms with Gasteiger partial charge in [0, 0.05) is 17.8 Å². The normalized spacial score (nSPS) is 18.7. The van der Waals surface area contributed by atoms with E-state index in [1.807, 2.05) is 28.8 Å². The van der Waals surface area contributed by atoms with Crippen LogP contribution in [0.4, 0.5) is 0 Å². The second-order valence-corrected chi connectivity index (χ2v) is 6.46. The van der Waals surface area contributed by atoms with Crippen molar-refractivity contribution in [3.05, 3.63) is 59.5 Å². The average Bonchev–Trinajstić information content (AvgIpc) is 2.93. The molecule has 0 saturated heterocycles. The minimum Gasteiger partial charge on any atom is -0.493 e. The van der Waals surface area contributed by atoms with Crippen molar-refractivity contribution in [3.63, 3.8) is 0 Å². The second-order valence-electron chi connectivity index (χ2n) is 6.46. The van der Waals surface area contributed by atoms with Crippen molar-refractivity contribution >= 4 is 5.65 Å². The predicted octanol–water partition coefficient (Wildman–Crippen LogP) is 3.60. The highest BCUT2D eigenvalue weighted by molar-refractivity contribution is 5.40. The SMILES string of the molecule is Cc1ccc2c(c1)[C@H](N[C@H](C)c1nnc3ccccn13)CCCO2. The van der Waals surface area contributed by atoms with E-state index in [0.29, 0.717) is 0 Å². The molecular weight excluding hydrogens is 300 g/mol. The van der Waals surface area contributed by atoms with Gasteiger partial charge in [-0.2, -0.15) is 0 Å². The fraction of sp³-hybridized carbons (Fsp3) is 0.368. The van der Waals surface area contributed by atoms with Crippen molar-refractivity contribution < 1.29 is 4.74 Å². The molecule has 124 valence electrons. The lowest BCUT2D eigenvalue weighted by atomic mass is 9.99. The highest BCUT2D eigenvalue weighted by atomic mass is 16.5. The molecule has 0 unspecified atom stereocenters. The summed E-state index contributed by atoms with van der Waals surface area (Å²) in [6, 6.07) is 12.7. The Morgan fingerprint density at radius 2 is 2.17 bits per heavy atom. The minimum absolute atomic E-state index is 0.0962. The van der Waals surface area contributed by atoms with Gasteiger partial charge in [0.05, 0.1) is 12.6 Å². The largest absolute Gasteiger partial charge is 0.493 e. The number of aryl methyl sites for hydroxylation is 1. The molecule has 0 aliphatic carbocycles. The maximum absolute atomic E-state index is 5.90. The molecule has 3 heterocycles. The highest BCUT2D eigenvalue weighted by Crippen LogP contribution is 2.33. The smallest absolute Gasteiger partial charge is 0.160 e. The third-order valence-electron chi connectivity index (χ3n) is 4.61. The van der Waals surface area contributed by atoms with E-state index in [0.717, 1.165) is 36.7 Å². The molecule has 0 fully saturated rings. The minimum atomic E-state index is 0.0962. The van der Waals surface area contributed by atoms with E-state index in [4.69, 9.17) is 4.74 Å². The van der Waals surface area contributed by atoms with E-state index < -0.39 is 0 Å². The average molecular weight is 322 g/mol. The number of fused-ring (bicyclic) bond motifs is 2. The van der Waals surface area contributed by atoms with Gasteiger partial charge in [-0.25, -0.2) is 0 Å². The molecule has 24 heavy (non-hydrogen) atoms. The highest BCUT2D eigenvalue weighted by Gasteiger charge is 2.23. The maximum atomic E-state index is 5.90. The number of ether oxygens (including phenoxy) is 1. The molecule has 0 amide bonds. The molecule has 0 spiro atoms. The van der Waals surface area contributed by atoms with Crippen molar-refractivity contribution in [1.82, 2.24) is 19.9 Å². The van der Waals surface area contributed by atoms with Crippen LogP contribution in [0.15, 0.2) is 42.6 Å². The third-order valence-corrected chi connectivity index (χ3v) is 4.61. The van der Waals surface area contributed by atoms with Gasteiger partial charge in [0.1, 0.15) is 5.75 Å². The standard InChI is InChI=1S/C19H22N4O/c1-13-8-9-17-15(12-13)16(6-5-11-24-17)20-14(2)19-22-21-18-7-3-4-10-23(18)19/h3-4,7-10,12,14,16,20H,5-6,11H2,1-2H3/t14-,16-/m1/s1. The van der Waals surface area contributed by atoms with Crippen LogP contribution in [0.3, 0.4) is 0 Å². The summed E-state index contributed by atoms with van der Waals surface area (Å²) in [6.45, 7) is 5.04. The number of rotatable bonds is 3. The molecular formula is C19H22N4O. The first-order chi connectivity index (χ1) is 11.7. The number of nitrogens with one attached hydrogen (secondary N) is 1. The number of benzene rings is 1. The quantitative estimate of drug-likeness (QED) is 0.800. The summed E-state index contributed by atoms with van der Waals surface area (Å²) in [5.41, 5.74) is 3.38. The molecule has 0 bridgehead atoms. The van der Waals surface area contributed by atoms with Crippen molar-refractivity contribution in [2.24, 2.45) is 0 Å². The van der Waals surface area contributed by atoms with Crippen LogP contribution in [0.5, 0.6) is 5.75 Å². The predicted molar refractivity (Wildman–Crippen MR) is 93.2 cm³/mol. The van der Waals surface area contributed by atoms with E-state index in [9.17, 15) is 0 Å². The lowest BCUT2D eigenvalue weighted by Gasteiger charge is -2.22. The Bertz CT molecular complexity index is 857. The van der Waals surface area contributed by atoms with Gasteiger partial charge in [-0.3, -0.25) is 4.40 Å². The molecule has 1 N–H and O–H groups in total. The molecule has 5 nitrogen and oxygen atoms in total. The van der Waals surface area contributed by atoms with E-state index in [1.54, 1.807) is 0 Å². The van der Waals surface area contributed by atoms with E-state index in [2.05, 4.69) is 47.6 Å². The lowest BCUT2D eigenvalue weighted by Crippen LogP contribution is -2.26. The van der Waals surface area contributed by atoms with E-state index in [-0.39, 0.29) is 12.1 Å². The van der Waals surface area contributed by atoms with Crippen LogP contribution >= 0.6 is 0 Å². The first-order valence-corrected chi connectivity index (χ1v) is 8.51. The van der Waals surface area contributed by atoms with Gasteiger partial charge in [-0.05, 0) is 44.9 Å². The summed E-state index contributed by atoms with van der Waals surface area (Å²) < 4.78 is 7.95. The molecule has 1 aliphatic rings. The summed E-state index contributed by atoms with van der Waals surface area (Å²) in [5, 5.41) is 12.4.